The molecule has 0 aliphatic heterocycles. The van der Waals surface area contributed by atoms with Crippen molar-refractivity contribution in [2.24, 2.45) is 0 Å². The first-order chi connectivity index (χ1) is 14.3. The van der Waals surface area contributed by atoms with Gasteiger partial charge in [-0.2, -0.15) is 0 Å². The third-order valence-electron chi connectivity index (χ3n) is 3.97. The second-order valence-corrected chi connectivity index (χ2v) is 8.07. The molecule has 10 nitrogen and oxygen atoms in total. The van der Waals surface area contributed by atoms with E-state index in [1.807, 2.05) is 4.98 Å². The highest BCUT2D eigenvalue weighted by molar-refractivity contribution is 7.92. The molecule has 3 N–H and O–H groups in total. The Labute approximate surface area is 173 Å². The molecule has 12 heteroatoms. The Morgan fingerprint density at radius 2 is 1.77 bits per heavy atom. The summed E-state index contributed by atoms with van der Waals surface area (Å²) < 4.78 is 32.9. The normalized spacial score (nSPS) is 11.4. The van der Waals surface area contributed by atoms with Gasteiger partial charge in [-0.1, -0.05) is 29.8 Å². The number of hydrogen-bond acceptors (Lipinski definition) is 7. The van der Waals surface area contributed by atoms with Crippen LogP contribution in [-0.4, -0.2) is 28.6 Å². The maximum atomic E-state index is 12.5. The summed E-state index contributed by atoms with van der Waals surface area (Å²) in [5.74, 6) is 0.356. The number of H-pyrrole nitrogens is 2. The maximum Gasteiger partial charge on any atom is 0.325 e. The first kappa shape index (κ1) is 19.6. The van der Waals surface area contributed by atoms with Gasteiger partial charge < -0.3 is 9.40 Å². The van der Waals surface area contributed by atoms with Crippen LogP contribution < -0.4 is 16.0 Å². The highest BCUT2D eigenvalue weighted by Crippen LogP contribution is 2.30. The Balaban J connectivity index is 1.65. The second-order valence-electron chi connectivity index (χ2n) is 6.01. The molecule has 0 bridgehead atoms. The summed E-state index contributed by atoms with van der Waals surface area (Å²) in [5, 5.41) is 8.40. The van der Waals surface area contributed by atoms with Gasteiger partial charge in [-0.25, -0.2) is 13.2 Å². The van der Waals surface area contributed by atoms with Crippen LogP contribution in [-0.2, 0) is 10.0 Å². The molecule has 0 radical (unpaired) electrons. The van der Waals surface area contributed by atoms with Crippen molar-refractivity contribution in [3.63, 3.8) is 0 Å². The standard InChI is InChI=1S/C18H12ClN5O5S/c19-13-7-2-1-6-12(13)17-23-22-16(29-17)10-4-3-5-11(8-10)24-30(27,28)14-9-20-18(26)21-15(14)25/h1-9,24H,(H2,20,21,25,26). The number of sulfonamides is 1. The van der Waals surface area contributed by atoms with E-state index in [-0.39, 0.29) is 17.5 Å². The Bertz CT molecular complexity index is 1460. The van der Waals surface area contributed by atoms with Gasteiger partial charge in [0.2, 0.25) is 11.8 Å². The fourth-order valence-electron chi connectivity index (χ4n) is 2.61. The Morgan fingerprint density at radius 3 is 2.53 bits per heavy atom. The van der Waals surface area contributed by atoms with E-state index in [9.17, 15) is 18.0 Å². The highest BCUT2D eigenvalue weighted by atomic mass is 35.5. The smallest absolute Gasteiger partial charge is 0.325 e. The topological polar surface area (TPSA) is 151 Å². The molecule has 0 aliphatic rings. The van der Waals surface area contributed by atoms with Gasteiger partial charge in [-0.15, -0.1) is 10.2 Å². The van der Waals surface area contributed by atoms with Crippen LogP contribution in [0.2, 0.25) is 5.02 Å². The zero-order valence-corrected chi connectivity index (χ0v) is 16.5. The lowest BCUT2D eigenvalue weighted by atomic mass is 10.2. The number of aromatic nitrogens is 4. The minimum Gasteiger partial charge on any atom is -0.416 e. The van der Waals surface area contributed by atoms with Crippen LogP contribution in [0.25, 0.3) is 22.9 Å². The summed E-state index contributed by atoms with van der Waals surface area (Å²) in [4.78, 5) is 26.2. The Morgan fingerprint density at radius 1 is 1.00 bits per heavy atom. The van der Waals surface area contributed by atoms with Gasteiger partial charge in [-0.3, -0.25) is 14.5 Å². The number of aromatic amines is 2. The molecule has 30 heavy (non-hydrogen) atoms. The fourth-order valence-corrected chi connectivity index (χ4v) is 3.88. The van der Waals surface area contributed by atoms with Crippen molar-refractivity contribution in [1.29, 1.82) is 0 Å². The molecule has 0 atom stereocenters. The zero-order chi connectivity index (χ0) is 21.3. The van der Waals surface area contributed by atoms with Crippen LogP contribution >= 0.6 is 11.6 Å². The Kier molecular flexibility index (Phi) is 4.98. The lowest BCUT2D eigenvalue weighted by Gasteiger charge is -2.07. The molecule has 0 saturated carbocycles. The molecule has 4 rings (SSSR count). The fraction of sp³-hybridized carbons (Fsp3) is 0. The van der Waals surface area contributed by atoms with Gasteiger partial charge in [0.25, 0.3) is 15.6 Å². The van der Waals surface area contributed by atoms with Crippen LogP contribution in [0.15, 0.2) is 73.6 Å². The first-order valence-electron chi connectivity index (χ1n) is 8.37. The summed E-state index contributed by atoms with van der Waals surface area (Å²) in [7, 11) is -4.25. The predicted octanol–water partition coefficient (Wildman–Crippen LogP) is 2.23. The molecule has 0 spiro atoms. The molecule has 152 valence electrons. The molecular weight excluding hydrogens is 434 g/mol. The van der Waals surface area contributed by atoms with Crippen molar-refractivity contribution in [3.8, 4) is 22.9 Å². The third-order valence-corrected chi connectivity index (χ3v) is 5.68. The summed E-state index contributed by atoms with van der Waals surface area (Å²) in [5.41, 5.74) is -0.700. The first-order valence-corrected chi connectivity index (χ1v) is 10.2. The van der Waals surface area contributed by atoms with Crippen molar-refractivity contribution in [3.05, 3.63) is 80.6 Å². The largest absolute Gasteiger partial charge is 0.416 e. The maximum absolute atomic E-state index is 12.5. The minimum atomic E-state index is -4.25. The molecular formula is C18H12ClN5O5S. The summed E-state index contributed by atoms with van der Waals surface area (Å²) in [6.45, 7) is 0. The van der Waals surface area contributed by atoms with E-state index in [1.54, 1.807) is 36.4 Å². The number of halogens is 1. The third kappa shape index (κ3) is 3.88. The molecule has 2 aromatic carbocycles. The van der Waals surface area contributed by atoms with Crippen molar-refractivity contribution in [2.75, 3.05) is 4.72 Å². The molecule has 0 aliphatic carbocycles. The lowest BCUT2D eigenvalue weighted by molar-refractivity contribution is 0.584. The number of rotatable bonds is 5. The van der Waals surface area contributed by atoms with E-state index in [0.717, 1.165) is 6.20 Å². The zero-order valence-electron chi connectivity index (χ0n) is 14.9. The number of nitrogens with one attached hydrogen (secondary N) is 3. The van der Waals surface area contributed by atoms with Gasteiger partial charge in [-0.05, 0) is 30.3 Å². The van der Waals surface area contributed by atoms with E-state index < -0.39 is 26.2 Å². The molecule has 0 saturated heterocycles. The lowest BCUT2D eigenvalue weighted by Crippen LogP contribution is -2.29. The number of hydrogen-bond donors (Lipinski definition) is 3. The van der Waals surface area contributed by atoms with Crippen LogP contribution in [0.4, 0.5) is 5.69 Å². The average molecular weight is 446 g/mol. The van der Waals surface area contributed by atoms with Crippen LogP contribution in [0.3, 0.4) is 0 Å². The van der Waals surface area contributed by atoms with Gasteiger partial charge >= 0.3 is 5.69 Å². The molecule has 0 amide bonds. The molecule has 4 aromatic rings. The van der Waals surface area contributed by atoms with E-state index in [2.05, 4.69) is 19.9 Å². The summed E-state index contributed by atoms with van der Waals surface area (Å²) in [6, 6.07) is 13.1. The van der Waals surface area contributed by atoms with Crippen LogP contribution in [0.5, 0.6) is 0 Å². The van der Waals surface area contributed by atoms with Gasteiger partial charge in [0, 0.05) is 17.4 Å². The van der Waals surface area contributed by atoms with Crippen molar-refractivity contribution >= 4 is 27.3 Å². The van der Waals surface area contributed by atoms with Crippen molar-refractivity contribution in [2.45, 2.75) is 4.90 Å². The number of nitrogens with zero attached hydrogens (tertiary/aromatic N) is 2. The van der Waals surface area contributed by atoms with Gasteiger partial charge in [0.15, 0.2) is 4.90 Å². The van der Waals surface area contributed by atoms with Gasteiger partial charge in [0.05, 0.1) is 10.6 Å². The van der Waals surface area contributed by atoms with E-state index in [0.29, 0.717) is 16.1 Å². The number of anilines is 1. The highest BCUT2D eigenvalue weighted by Gasteiger charge is 2.20. The Hall–Kier alpha value is -3.70. The van der Waals surface area contributed by atoms with E-state index in [1.165, 1.54) is 12.1 Å². The molecule has 2 heterocycles. The predicted molar refractivity (Wildman–Crippen MR) is 109 cm³/mol. The van der Waals surface area contributed by atoms with Crippen LogP contribution in [0.1, 0.15) is 0 Å². The van der Waals surface area contributed by atoms with Gasteiger partial charge in [0.1, 0.15) is 0 Å². The van der Waals surface area contributed by atoms with E-state index in [4.69, 9.17) is 16.0 Å². The second kappa shape index (κ2) is 7.61. The monoisotopic (exact) mass is 445 g/mol. The average Bonchev–Trinajstić information content (AvgIpc) is 3.18. The van der Waals surface area contributed by atoms with Crippen LogP contribution in [0, 0.1) is 0 Å². The van der Waals surface area contributed by atoms with Crippen molar-refractivity contribution in [1.82, 2.24) is 20.2 Å². The SMILES string of the molecule is O=c1[nH]cc(S(=O)(=O)Nc2cccc(-c3nnc(-c4ccccc4Cl)o3)c2)c(=O)[nH]1. The van der Waals surface area contributed by atoms with E-state index >= 15 is 0 Å². The number of benzene rings is 2. The summed E-state index contributed by atoms with van der Waals surface area (Å²) in [6.07, 6.45) is 0.821. The quantitative estimate of drug-likeness (QED) is 0.426. The minimum absolute atomic E-state index is 0.146. The molecule has 0 fully saturated rings. The summed E-state index contributed by atoms with van der Waals surface area (Å²) >= 11 is 6.14. The molecule has 2 aromatic heterocycles. The van der Waals surface area contributed by atoms with Crippen molar-refractivity contribution < 1.29 is 12.8 Å². The molecule has 0 unspecified atom stereocenters.